The molecule has 192 valence electrons. The molecule has 0 aliphatic heterocycles. The Labute approximate surface area is 223 Å². The zero-order chi connectivity index (χ0) is 27.1. The summed E-state index contributed by atoms with van der Waals surface area (Å²) in [5.74, 6) is -0.631. The van der Waals surface area contributed by atoms with E-state index in [9.17, 15) is 9.59 Å². The van der Waals surface area contributed by atoms with Gasteiger partial charge < -0.3 is 10.6 Å². The van der Waals surface area contributed by atoms with Crippen LogP contribution in [0.1, 0.15) is 38.2 Å². The summed E-state index contributed by atoms with van der Waals surface area (Å²) in [5.41, 5.74) is 11.4. The summed E-state index contributed by atoms with van der Waals surface area (Å²) in [6.45, 7) is 4.77. The topological polar surface area (TPSA) is 90.5 Å². The van der Waals surface area contributed by atoms with Gasteiger partial charge in [-0.05, 0) is 49.2 Å². The lowest BCUT2D eigenvalue weighted by molar-refractivity contribution is -0.130. The standard InChI is InChI=1S/C32H32N4O2/c1-23-11-15-25(16-12-23)20-35(21-26-17-13-24(2)14-18-26)30(37)22-36(29-9-4-3-5-10-29)32(38)28-8-6-7-27(19-28)31(33)34/h3-19H,20-22H2,1-2H3,(H3,33,34). The summed E-state index contributed by atoms with van der Waals surface area (Å²) < 4.78 is 0. The fourth-order valence-corrected chi connectivity index (χ4v) is 4.16. The number of carbonyl (C=O) groups is 2. The first-order chi connectivity index (χ1) is 18.3. The molecule has 0 unspecified atom stereocenters. The van der Waals surface area contributed by atoms with Crippen LogP contribution in [0, 0.1) is 19.3 Å². The lowest BCUT2D eigenvalue weighted by Gasteiger charge is -2.28. The fraction of sp³-hybridized carbons (Fsp3) is 0.156. The number of amidine groups is 1. The first-order valence-corrected chi connectivity index (χ1v) is 12.5. The highest BCUT2D eigenvalue weighted by Crippen LogP contribution is 2.20. The predicted molar refractivity (Wildman–Crippen MR) is 152 cm³/mol. The number of nitrogens with zero attached hydrogens (tertiary/aromatic N) is 2. The van der Waals surface area contributed by atoms with Gasteiger partial charge in [0.05, 0.1) is 0 Å². The second kappa shape index (κ2) is 12.0. The first-order valence-electron chi connectivity index (χ1n) is 12.5. The minimum Gasteiger partial charge on any atom is -0.384 e. The summed E-state index contributed by atoms with van der Waals surface area (Å²) in [7, 11) is 0. The number of rotatable bonds is 9. The Morgan fingerprint density at radius 1 is 0.711 bits per heavy atom. The Morgan fingerprint density at radius 2 is 1.24 bits per heavy atom. The lowest BCUT2D eigenvalue weighted by atomic mass is 10.1. The van der Waals surface area contributed by atoms with Crippen molar-refractivity contribution in [3.63, 3.8) is 0 Å². The maximum absolute atomic E-state index is 13.9. The van der Waals surface area contributed by atoms with Gasteiger partial charge in [-0.3, -0.25) is 19.9 Å². The third kappa shape index (κ3) is 6.73. The average molecular weight is 505 g/mol. The van der Waals surface area contributed by atoms with Crippen LogP contribution in [0.15, 0.2) is 103 Å². The summed E-state index contributed by atoms with van der Waals surface area (Å²) in [6, 6.07) is 32.0. The molecule has 0 spiro atoms. The number of para-hydroxylation sites is 1. The van der Waals surface area contributed by atoms with E-state index < -0.39 is 0 Å². The SMILES string of the molecule is Cc1ccc(CN(Cc2ccc(C)cc2)C(=O)CN(C(=O)c2cccc(C(=N)N)c2)c2ccccc2)cc1. The highest BCUT2D eigenvalue weighted by Gasteiger charge is 2.24. The van der Waals surface area contributed by atoms with Gasteiger partial charge in [0.15, 0.2) is 0 Å². The van der Waals surface area contributed by atoms with Crippen LogP contribution in [0.5, 0.6) is 0 Å². The van der Waals surface area contributed by atoms with E-state index in [1.165, 1.54) is 4.90 Å². The van der Waals surface area contributed by atoms with Gasteiger partial charge in [-0.25, -0.2) is 0 Å². The molecule has 0 saturated heterocycles. The summed E-state index contributed by atoms with van der Waals surface area (Å²) in [5, 5.41) is 7.75. The Morgan fingerprint density at radius 3 is 1.76 bits per heavy atom. The van der Waals surface area contributed by atoms with Crippen LogP contribution in [0.25, 0.3) is 0 Å². The van der Waals surface area contributed by atoms with Gasteiger partial charge in [0.1, 0.15) is 12.4 Å². The van der Waals surface area contributed by atoms with E-state index in [0.29, 0.717) is 29.9 Å². The molecule has 6 heteroatoms. The largest absolute Gasteiger partial charge is 0.384 e. The molecule has 0 aliphatic rings. The Balaban J connectivity index is 1.65. The van der Waals surface area contributed by atoms with Crippen molar-refractivity contribution >= 4 is 23.3 Å². The molecule has 4 rings (SSSR count). The number of hydrogen-bond donors (Lipinski definition) is 2. The van der Waals surface area contributed by atoms with E-state index in [4.69, 9.17) is 11.1 Å². The van der Waals surface area contributed by atoms with Crippen molar-refractivity contribution < 1.29 is 9.59 Å². The highest BCUT2D eigenvalue weighted by molar-refractivity contribution is 6.10. The number of nitrogens with two attached hydrogens (primary N) is 1. The van der Waals surface area contributed by atoms with Gasteiger partial charge in [-0.1, -0.05) is 90.0 Å². The van der Waals surface area contributed by atoms with Crippen molar-refractivity contribution in [3.8, 4) is 0 Å². The van der Waals surface area contributed by atoms with Gasteiger partial charge in [0, 0.05) is 29.9 Å². The number of amides is 2. The lowest BCUT2D eigenvalue weighted by Crippen LogP contribution is -2.42. The zero-order valence-electron chi connectivity index (χ0n) is 21.7. The molecule has 38 heavy (non-hydrogen) atoms. The molecule has 3 N–H and O–H groups in total. The number of nitrogens with one attached hydrogen (secondary N) is 1. The van der Waals surface area contributed by atoms with E-state index in [0.717, 1.165) is 22.3 Å². The second-order valence-electron chi connectivity index (χ2n) is 9.44. The molecule has 4 aromatic carbocycles. The molecule has 0 aromatic heterocycles. The monoisotopic (exact) mass is 504 g/mol. The minimum atomic E-state index is -0.335. The van der Waals surface area contributed by atoms with Crippen LogP contribution in [0.4, 0.5) is 5.69 Å². The smallest absolute Gasteiger partial charge is 0.258 e. The van der Waals surface area contributed by atoms with Crippen molar-refractivity contribution in [2.24, 2.45) is 5.73 Å². The molecule has 6 nitrogen and oxygen atoms in total. The van der Waals surface area contributed by atoms with Gasteiger partial charge in [0.25, 0.3) is 5.91 Å². The predicted octanol–water partition coefficient (Wildman–Crippen LogP) is 5.46. The van der Waals surface area contributed by atoms with E-state index in [1.807, 2.05) is 92.7 Å². The summed E-state index contributed by atoms with van der Waals surface area (Å²) in [4.78, 5) is 30.8. The van der Waals surface area contributed by atoms with E-state index in [-0.39, 0.29) is 24.2 Å². The summed E-state index contributed by atoms with van der Waals surface area (Å²) >= 11 is 0. The van der Waals surface area contributed by atoms with Crippen molar-refractivity contribution in [1.82, 2.24) is 4.90 Å². The molecule has 2 amide bonds. The van der Waals surface area contributed by atoms with Gasteiger partial charge in [-0.15, -0.1) is 0 Å². The number of benzene rings is 4. The molecule has 0 heterocycles. The van der Waals surface area contributed by atoms with Crippen molar-refractivity contribution in [1.29, 1.82) is 5.41 Å². The van der Waals surface area contributed by atoms with Gasteiger partial charge in [0.2, 0.25) is 5.91 Å². The Hall–Kier alpha value is -4.71. The Kier molecular flexibility index (Phi) is 8.34. The van der Waals surface area contributed by atoms with Crippen LogP contribution < -0.4 is 10.6 Å². The normalized spacial score (nSPS) is 10.6. The van der Waals surface area contributed by atoms with E-state index in [1.54, 1.807) is 29.2 Å². The van der Waals surface area contributed by atoms with Crippen molar-refractivity contribution in [2.45, 2.75) is 26.9 Å². The van der Waals surface area contributed by atoms with Gasteiger partial charge >= 0.3 is 0 Å². The maximum Gasteiger partial charge on any atom is 0.258 e. The number of anilines is 1. The molecule has 0 atom stereocenters. The van der Waals surface area contributed by atoms with Gasteiger partial charge in [-0.2, -0.15) is 0 Å². The number of carbonyl (C=O) groups excluding carboxylic acids is 2. The molecule has 0 saturated carbocycles. The summed E-state index contributed by atoms with van der Waals surface area (Å²) in [6.07, 6.45) is 0. The maximum atomic E-state index is 13.9. The zero-order valence-corrected chi connectivity index (χ0v) is 21.7. The first kappa shape index (κ1) is 26.4. The second-order valence-corrected chi connectivity index (χ2v) is 9.44. The van der Waals surface area contributed by atoms with Crippen LogP contribution >= 0.6 is 0 Å². The van der Waals surface area contributed by atoms with Crippen LogP contribution in [-0.4, -0.2) is 29.1 Å². The molecule has 0 aliphatic carbocycles. The van der Waals surface area contributed by atoms with E-state index in [2.05, 4.69) is 0 Å². The van der Waals surface area contributed by atoms with Crippen molar-refractivity contribution in [3.05, 3.63) is 137 Å². The molecule has 0 radical (unpaired) electrons. The molecular formula is C32H32N4O2. The molecular weight excluding hydrogens is 472 g/mol. The van der Waals surface area contributed by atoms with E-state index >= 15 is 0 Å². The minimum absolute atomic E-state index is 0.121. The average Bonchev–Trinajstić information content (AvgIpc) is 2.93. The fourth-order valence-electron chi connectivity index (χ4n) is 4.16. The van der Waals surface area contributed by atoms with Crippen LogP contribution in [-0.2, 0) is 17.9 Å². The quantitative estimate of drug-likeness (QED) is 0.234. The number of nitrogen functional groups attached to an aromatic ring is 1. The number of hydrogen-bond acceptors (Lipinski definition) is 3. The highest BCUT2D eigenvalue weighted by atomic mass is 16.2. The number of aryl methyl sites for hydroxylation is 2. The third-order valence-electron chi connectivity index (χ3n) is 6.37. The van der Waals surface area contributed by atoms with Crippen LogP contribution in [0.3, 0.4) is 0 Å². The molecule has 0 bridgehead atoms. The van der Waals surface area contributed by atoms with Crippen LogP contribution in [0.2, 0.25) is 0 Å². The Bertz CT molecular complexity index is 1370. The molecule has 4 aromatic rings. The molecule has 0 fully saturated rings. The van der Waals surface area contributed by atoms with Crippen molar-refractivity contribution in [2.75, 3.05) is 11.4 Å². The third-order valence-corrected chi connectivity index (χ3v) is 6.37.